The lowest BCUT2D eigenvalue weighted by Gasteiger charge is -2.08. The van der Waals surface area contributed by atoms with Crippen molar-refractivity contribution in [3.05, 3.63) is 65.2 Å². The molecular weight excluding hydrogens is 234 g/mol. The van der Waals surface area contributed by atoms with Crippen LogP contribution >= 0.6 is 0 Å². The third-order valence-electron chi connectivity index (χ3n) is 2.54. The fraction of sp³-hybridized carbons (Fsp3) is 0.0714. The van der Waals surface area contributed by atoms with Crippen molar-refractivity contribution in [3.63, 3.8) is 0 Å². The molecule has 0 heterocycles. The number of hydrogen-bond acceptors (Lipinski definition) is 2. The van der Waals surface area contributed by atoms with Crippen LogP contribution in [0.25, 0.3) is 0 Å². The van der Waals surface area contributed by atoms with Gasteiger partial charge in [-0.15, -0.1) is 0 Å². The number of nitrogens with zero attached hydrogens (tertiary/aromatic N) is 1. The molecule has 0 aliphatic rings. The lowest BCUT2D eigenvalue weighted by molar-refractivity contribution is 0.585. The Bertz CT molecular complexity index is 603. The van der Waals surface area contributed by atoms with Gasteiger partial charge < -0.3 is 5.32 Å². The maximum atomic E-state index is 13.4. The minimum absolute atomic E-state index is 0.212. The largest absolute Gasteiger partial charge is 0.379 e. The molecular formula is C14H10F2N2. The predicted molar refractivity (Wildman–Crippen MR) is 64.8 cm³/mol. The van der Waals surface area contributed by atoms with Gasteiger partial charge in [0.25, 0.3) is 0 Å². The topological polar surface area (TPSA) is 35.8 Å². The van der Waals surface area contributed by atoms with Crippen molar-refractivity contribution in [2.75, 3.05) is 5.32 Å². The van der Waals surface area contributed by atoms with Crippen LogP contribution in [0.3, 0.4) is 0 Å². The quantitative estimate of drug-likeness (QED) is 0.897. The number of anilines is 1. The Morgan fingerprint density at radius 3 is 2.61 bits per heavy atom. The van der Waals surface area contributed by atoms with Gasteiger partial charge in [0.15, 0.2) is 0 Å². The number of nitriles is 1. The first-order valence-corrected chi connectivity index (χ1v) is 5.37. The Balaban J connectivity index is 2.14. The van der Waals surface area contributed by atoms with Gasteiger partial charge in [0, 0.05) is 12.6 Å². The van der Waals surface area contributed by atoms with Gasteiger partial charge in [-0.25, -0.2) is 8.78 Å². The molecule has 0 amide bonds. The summed E-state index contributed by atoms with van der Waals surface area (Å²) in [6.07, 6.45) is 0. The van der Waals surface area contributed by atoms with Crippen molar-refractivity contribution in [2.24, 2.45) is 0 Å². The van der Waals surface area contributed by atoms with E-state index in [1.807, 2.05) is 0 Å². The zero-order valence-corrected chi connectivity index (χ0v) is 9.45. The molecule has 0 fully saturated rings. The summed E-state index contributed by atoms with van der Waals surface area (Å²) in [7, 11) is 0. The maximum Gasteiger partial charge on any atom is 0.149 e. The molecule has 4 heteroatoms. The van der Waals surface area contributed by atoms with Crippen LogP contribution in [-0.2, 0) is 6.54 Å². The van der Waals surface area contributed by atoms with Crippen molar-refractivity contribution in [3.8, 4) is 6.07 Å². The lowest BCUT2D eigenvalue weighted by atomic mass is 10.1. The molecule has 1 N–H and O–H groups in total. The van der Waals surface area contributed by atoms with Crippen molar-refractivity contribution in [1.82, 2.24) is 0 Å². The van der Waals surface area contributed by atoms with E-state index in [-0.39, 0.29) is 5.69 Å². The molecule has 0 saturated carbocycles. The van der Waals surface area contributed by atoms with Crippen LogP contribution in [-0.4, -0.2) is 0 Å². The molecule has 2 nitrogen and oxygen atoms in total. The Labute approximate surface area is 103 Å². The van der Waals surface area contributed by atoms with Gasteiger partial charge in [0.05, 0.1) is 17.3 Å². The third kappa shape index (κ3) is 2.64. The number of hydrogen-bond donors (Lipinski definition) is 1. The summed E-state index contributed by atoms with van der Waals surface area (Å²) in [5.74, 6) is -1.26. The summed E-state index contributed by atoms with van der Waals surface area (Å²) in [5, 5.41) is 11.7. The van der Waals surface area contributed by atoms with Gasteiger partial charge in [-0.05, 0) is 23.8 Å². The van der Waals surface area contributed by atoms with E-state index in [0.717, 1.165) is 11.6 Å². The minimum Gasteiger partial charge on any atom is -0.379 e. The Hall–Kier alpha value is -2.41. The molecule has 90 valence electrons. The van der Waals surface area contributed by atoms with Crippen molar-refractivity contribution in [1.29, 1.82) is 5.26 Å². The van der Waals surface area contributed by atoms with E-state index in [9.17, 15) is 8.78 Å². The molecule has 0 unspecified atom stereocenters. The monoisotopic (exact) mass is 244 g/mol. The van der Waals surface area contributed by atoms with E-state index in [0.29, 0.717) is 12.1 Å². The molecule has 0 aliphatic carbocycles. The summed E-state index contributed by atoms with van der Waals surface area (Å²) in [6, 6.07) is 12.4. The van der Waals surface area contributed by atoms with Crippen LogP contribution in [0.15, 0.2) is 42.5 Å². The number of benzene rings is 2. The highest BCUT2D eigenvalue weighted by molar-refractivity contribution is 5.47. The summed E-state index contributed by atoms with van der Waals surface area (Å²) in [4.78, 5) is 0. The smallest absolute Gasteiger partial charge is 0.149 e. The summed E-state index contributed by atoms with van der Waals surface area (Å²) >= 11 is 0. The number of nitrogens with one attached hydrogen (secondary N) is 1. The van der Waals surface area contributed by atoms with E-state index < -0.39 is 11.6 Å². The van der Waals surface area contributed by atoms with Gasteiger partial charge in [0.1, 0.15) is 11.6 Å². The maximum absolute atomic E-state index is 13.4. The lowest BCUT2D eigenvalue weighted by Crippen LogP contribution is -2.03. The molecule has 2 aromatic carbocycles. The second kappa shape index (κ2) is 5.28. The molecule has 2 rings (SSSR count). The predicted octanol–water partition coefficient (Wildman–Crippen LogP) is 3.45. The Morgan fingerprint density at radius 2 is 1.89 bits per heavy atom. The summed E-state index contributed by atoms with van der Waals surface area (Å²) in [5.41, 5.74) is 1.51. The van der Waals surface area contributed by atoms with Gasteiger partial charge >= 0.3 is 0 Å². The summed E-state index contributed by atoms with van der Waals surface area (Å²) in [6.45, 7) is 0.312. The molecule has 0 saturated heterocycles. The molecule has 0 aromatic heterocycles. The molecule has 2 aromatic rings. The van der Waals surface area contributed by atoms with Crippen LogP contribution in [0.1, 0.15) is 11.1 Å². The second-order valence-electron chi connectivity index (χ2n) is 3.75. The molecule has 18 heavy (non-hydrogen) atoms. The number of halogens is 2. The summed E-state index contributed by atoms with van der Waals surface area (Å²) < 4.78 is 26.1. The fourth-order valence-electron chi connectivity index (χ4n) is 1.61. The molecule has 0 aliphatic heterocycles. The van der Waals surface area contributed by atoms with Crippen LogP contribution in [0.5, 0.6) is 0 Å². The SMILES string of the molecule is N#Cc1ccccc1CNc1ccc(F)cc1F. The van der Waals surface area contributed by atoms with Crippen molar-refractivity contribution >= 4 is 5.69 Å². The molecule has 0 spiro atoms. The normalized spacial score (nSPS) is 9.83. The first-order chi connectivity index (χ1) is 8.70. The average Bonchev–Trinajstić information content (AvgIpc) is 2.38. The van der Waals surface area contributed by atoms with E-state index in [2.05, 4.69) is 11.4 Å². The van der Waals surface area contributed by atoms with E-state index in [4.69, 9.17) is 5.26 Å². The van der Waals surface area contributed by atoms with Crippen LogP contribution < -0.4 is 5.32 Å². The highest BCUT2D eigenvalue weighted by atomic mass is 19.1. The Kier molecular flexibility index (Phi) is 3.54. The van der Waals surface area contributed by atoms with Crippen LogP contribution in [0.4, 0.5) is 14.5 Å². The minimum atomic E-state index is -0.649. The second-order valence-corrected chi connectivity index (χ2v) is 3.75. The van der Waals surface area contributed by atoms with Gasteiger partial charge in [-0.2, -0.15) is 5.26 Å². The third-order valence-corrected chi connectivity index (χ3v) is 2.54. The van der Waals surface area contributed by atoms with E-state index >= 15 is 0 Å². The van der Waals surface area contributed by atoms with Gasteiger partial charge in [-0.1, -0.05) is 18.2 Å². The zero-order valence-electron chi connectivity index (χ0n) is 9.45. The number of rotatable bonds is 3. The first kappa shape index (κ1) is 12.1. The Morgan fingerprint density at radius 1 is 1.11 bits per heavy atom. The van der Waals surface area contributed by atoms with E-state index in [1.54, 1.807) is 24.3 Å². The molecule has 0 atom stereocenters. The highest BCUT2D eigenvalue weighted by Crippen LogP contribution is 2.17. The van der Waals surface area contributed by atoms with Crippen LogP contribution in [0.2, 0.25) is 0 Å². The standard InChI is InChI=1S/C14H10F2N2/c15-12-5-6-14(13(16)7-12)18-9-11-4-2-1-3-10(11)8-17/h1-7,18H,9H2. The zero-order chi connectivity index (χ0) is 13.0. The van der Waals surface area contributed by atoms with E-state index in [1.165, 1.54) is 12.1 Å². The van der Waals surface area contributed by atoms with Crippen LogP contribution in [0, 0.1) is 23.0 Å². The van der Waals surface area contributed by atoms with Crippen molar-refractivity contribution in [2.45, 2.75) is 6.54 Å². The first-order valence-electron chi connectivity index (χ1n) is 5.37. The molecule has 0 bridgehead atoms. The average molecular weight is 244 g/mol. The highest BCUT2D eigenvalue weighted by Gasteiger charge is 2.05. The fourth-order valence-corrected chi connectivity index (χ4v) is 1.61. The van der Waals surface area contributed by atoms with Gasteiger partial charge in [-0.3, -0.25) is 0 Å². The molecule has 0 radical (unpaired) electrons. The van der Waals surface area contributed by atoms with Gasteiger partial charge in [0.2, 0.25) is 0 Å². The van der Waals surface area contributed by atoms with Crippen molar-refractivity contribution < 1.29 is 8.78 Å².